The summed E-state index contributed by atoms with van der Waals surface area (Å²) in [7, 11) is 1.76. The van der Waals surface area contributed by atoms with E-state index >= 15 is 0 Å². The normalized spacial score (nSPS) is 24.0. The van der Waals surface area contributed by atoms with Crippen LogP contribution in [0.5, 0.6) is 0 Å². The van der Waals surface area contributed by atoms with E-state index in [1.54, 1.807) is 23.1 Å². The maximum atomic E-state index is 14.4. The van der Waals surface area contributed by atoms with E-state index in [0.717, 1.165) is 52.9 Å². The van der Waals surface area contributed by atoms with Gasteiger partial charge in [-0.15, -0.1) is 16.4 Å². The molecule has 9 heteroatoms. The van der Waals surface area contributed by atoms with E-state index in [0.29, 0.717) is 55.4 Å². The van der Waals surface area contributed by atoms with Crippen molar-refractivity contribution in [3.05, 3.63) is 65.2 Å². The fourth-order valence-corrected chi connectivity index (χ4v) is 8.41. The number of amides is 1. The van der Waals surface area contributed by atoms with Crippen LogP contribution in [0.25, 0.3) is 21.3 Å². The van der Waals surface area contributed by atoms with E-state index in [1.165, 1.54) is 17.8 Å². The molecule has 7 rings (SSSR count). The van der Waals surface area contributed by atoms with Gasteiger partial charge in [-0.1, -0.05) is 18.2 Å². The number of benzene rings is 2. The van der Waals surface area contributed by atoms with E-state index in [9.17, 15) is 19.1 Å². The van der Waals surface area contributed by atoms with E-state index in [2.05, 4.69) is 28.3 Å². The van der Waals surface area contributed by atoms with Crippen molar-refractivity contribution in [2.24, 2.45) is 24.8 Å². The minimum Gasteiger partial charge on any atom is -0.481 e. The lowest BCUT2D eigenvalue weighted by atomic mass is 9.78. The number of carboxylic acids is 1. The van der Waals surface area contributed by atoms with Crippen molar-refractivity contribution in [3.8, 4) is 10.4 Å². The van der Waals surface area contributed by atoms with Crippen molar-refractivity contribution in [2.75, 3.05) is 11.4 Å². The molecule has 3 saturated carbocycles. The average Bonchev–Trinajstić information content (AvgIpc) is 3.71. The third kappa shape index (κ3) is 5.91. The first-order valence-corrected chi connectivity index (χ1v) is 16.9. The lowest BCUT2D eigenvalue weighted by Crippen LogP contribution is -2.41. The lowest BCUT2D eigenvalue weighted by molar-refractivity contribution is -0.144. The molecular formula is C35H39FN4O3S. The van der Waals surface area contributed by atoms with Crippen LogP contribution in [-0.4, -0.2) is 38.3 Å². The molecule has 2 aromatic heterocycles. The molecule has 4 aromatic rings. The molecule has 2 heterocycles. The van der Waals surface area contributed by atoms with Crippen LogP contribution >= 0.6 is 11.3 Å². The zero-order chi connectivity index (χ0) is 30.4. The van der Waals surface area contributed by atoms with E-state index in [4.69, 9.17) is 0 Å². The predicted octanol–water partition coefficient (Wildman–Crippen LogP) is 7.91. The first-order valence-electron chi connectivity index (χ1n) is 16.1. The second-order valence-corrected chi connectivity index (χ2v) is 14.2. The zero-order valence-corrected chi connectivity index (χ0v) is 25.9. The molecule has 0 spiro atoms. The summed E-state index contributed by atoms with van der Waals surface area (Å²) in [5.41, 5.74) is 3.96. The Morgan fingerprint density at radius 2 is 1.68 bits per heavy atom. The van der Waals surface area contributed by atoms with Crippen LogP contribution in [0, 0.1) is 23.7 Å². The molecule has 3 fully saturated rings. The van der Waals surface area contributed by atoms with Crippen LogP contribution in [0.15, 0.2) is 48.7 Å². The fourth-order valence-electron chi connectivity index (χ4n) is 7.33. The van der Waals surface area contributed by atoms with Crippen molar-refractivity contribution >= 4 is 39.8 Å². The number of carbonyl (C=O) groups is 2. The molecule has 7 nitrogen and oxygen atoms in total. The number of aryl methyl sites for hydroxylation is 1. The molecule has 0 atom stereocenters. The minimum atomic E-state index is -0.752. The Morgan fingerprint density at radius 1 is 0.955 bits per heavy atom. The second-order valence-electron chi connectivity index (χ2n) is 13.1. The second kappa shape index (κ2) is 12.1. The number of rotatable bonds is 8. The molecule has 0 saturated heterocycles. The molecule has 3 aliphatic rings. The first kappa shape index (κ1) is 29.1. The summed E-state index contributed by atoms with van der Waals surface area (Å²) >= 11 is 1.75. The highest BCUT2D eigenvalue weighted by Gasteiger charge is 2.35. The van der Waals surface area contributed by atoms with Gasteiger partial charge in [0, 0.05) is 37.3 Å². The monoisotopic (exact) mass is 614 g/mol. The van der Waals surface area contributed by atoms with Gasteiger partial charge in [0.25, 0.3) is 0 Å². The van der Waals surface area contributed by atoms with Gasteiger partial charge in [-0.25, -0.2) is 4.98 Å². The molecule has 2 aromatic carbocycles. The van der Waals surface area contributed by atoms with E-state index < -0.39 is 11.9 Å². The van der Waals surface area contributed by atoms with E-state index in [-0.39, 0.29) is 17.7 Å². The number of carbonyl (C=O) groups excluding carboxylic acids is 1. The number of thiazole rings is 1. The number of halogens is 1. The maximum Gasteiger partial charge on any atom is 0.306 e. The molecule has 0 unspecified atom stereocenters. The Morgan fingerprint density at radius 3 is 2.41 bits per heavy atom. The molecule has 0 aliphatic heterocycles. The molecule has 230 valence electrons. The third-order valence-electron chi connectivity index (χ3n) is 10.2. The Bertz CT molecular complexity index is 1680. The Kier molecular flexibility index (Phi) is 7.99. The summed E-state index contributed by atoms with van der Waals surface area (Å²) < 4.78 is 16.0. The van der Waals surface area contributed by atoms with Gasteiger partial charge in [0.15, 0.2) is 0 Å². The van der Waals surface area contributed by atoms with Crippen LogP contribution in [0.2, 0.25) is 0 Å². The minimum absolute atomic E-state index is 0.119. The maximum absolute atomic E-state index is 14.4. The summed E-state index contributed by atoms with van der Waals surface area (Å²) in [6.45, 7) is 0.653. The lowest BCUT2D eigenvalue weighted by Gasteiger charge is -2.36. The standard InChI is InChI=1S/C35H39FN4O3S/c1-39-30-16-15-26(18-29(30)32(36)38-39)22-7-5-21(6-8-22)20-40(34(41)24-11-13-25(14-12-24)35(42)43)28-4-2-3-27(17-28)31-19-37-33(44-31)23-9-10-23/h2-4,15-19,21-25H,5-14,20H2,1H3,(H,42,43). The molecule has 1 N–H and O–H groups in total. The number of hydrogen-bond donors (Lipinski definition) is 1. The number of carboxylic acid groups (broad SMARTS) is 1. The van der Waals surface area contributed by atoms with Gasteiger partial charge in [0.2, 0.25) is 11.9 Å². The molecule has 0 radical (unpaired) electrons. The number of anilines is 1. The first-order chi connectivity index (χ1) is 21.3. The summed E-state index contributed by atoms with van der Waals surface area (Å²) in [6.07, 6.45) is 10.7. The van der Waals surface area contributed by atoms with Crippen molar-refractivity contribution in [3.63, 3.8) is 0 Å². The number of aromatic nitrogens is 3. The highest BCUT2D eigenvalue weighted by molar-refractivity contribution is 7.15. The predicted molar refractivity (Wildman–Crippen MR) is 170 cm³/mol. The van der Waals surface area contributed by atoms with Gasteiger partial charge < -0.3 is 10.0 Å². The highest BCUT2D eigenvalue weighted by atomic mass is 32.1. The van der Waals surface area contributed by atoms with Gasteiger partial charge in [0.05, 0.1) is 26.7 Å². The average molecular weight is 615 g/mol. The van der Waals surface area contributed by atoms with Crippen LogP contribution in [0.1, 0.15) is 86.6 Å². The van der Waals surface area contributed by atoms with Gasteiger partial charge in [0.1, 0.15) is 0 Å². The highest BCUT2D eigenvalue weighted by Crippen LogP contribution is 2.44. The van der Waals surface area contributed by atoms with E-state index in [1.807, 2.05) is 35.4 Å². The quantitative estimate of drug-likeness (QED) is 0.218. The van der Waals surface area contributed by atoms with Crippen LogP contribution < -0.4 is 4.90 Å². The third-order valence-corrected chi connectivity index (χ3v) is 11.4. The zero-order valence-electron chi connectivity index (χ0n) is 25.1. The summed E-state index contributed by atoms with van der Waals surface area (Å²) in [4.78, 5) is 33.5. The number of hydrogen-bond acceptors (Lipinski definition) is 5. The summed E-state index contributed by atoms with van der Waals surface area (Å²) in [6, 6.07) is 14.3. The topological polar surface area (TPSA) is 88.3 Å². The van der Waals surface area contributed by atoms with Crippen LogP contribution in [0.4, 0.5) is 10.1 Å². The van der Waals surface area contributed by atoms with Crippen LogP contribution in [-0.2, 0) is 16.6 Å². The SMILES string of the molecule is Cn1nc(F)c2cc(C3CCC(CN(C(=O)C4CCC(C(=O)O)CC4)c4cccc(-c5cnc(C6CC6)s5)c4)CC3)ccc21. The number of nitrogens with zero attached hydrogens (tertiary/aromatic N) is 4. The molecule has 44 heavy (non-hydrogen) atoms. The molecule has 0 bridgehead atoms. The van der Waals surface area contributed by atoms with Crippen molar-refractivity contribution in [1.82, 2.24) is 14.8 Å². The molecular weight excluding hydrogens is 575 g/mol. The largest absolute Gasteiger partial charge is 0.481 e. The number of fused-ring (bicyclic) bond motifs is 1. The summed E-state index contributed by atoms with van der Waals surface area (Å²) in [5.74, 6) is -0.232. The smallest absolute Gasteiger partial charge is 0.306 e. The fraction of sp³-hybridized carbons (Fsp3) is 0.486. The van der Waals surface area contributed by atoms with Crippen LogP contribution in [0.3, 0.4) is 0 Å². The van der Waals surface area contributed by atoms with Gasteiger partial charge in [-0.3, -0.25) is 14.3 Å². The summed E-state index contributed by atoms with van der Waals surface area (Å²) in [5, 5.41) is 15.2. The van der Waals surface area contributed by atoms with Gasteiger partial charge in [-0.2, -0.15) is 4.39 Å². The van der Waals surface area contributed by atoms with Gasteiger partial charge in [-0.05, 0) is 111 Å². The molecule has 1 amide bonds. The Hall–Kier alpha value is -3.59. The Balaban J connectivity index is 1.09. The van der Waals surface area contributed by atoms with Crippen molar-refractivity contribution in [1.29, 1.82) is 0 Å². The van der Waals surface area contributed by atoms with Crippen molar-refractivity contribution < 1.29 is 19.1 Å². The van der Waals surface area contributed by atoms with Crippen molar-refractivity contribution in [2.45, 2.75) is 76.0 Å². The van der Waals surface area contributed by atoms with Gasteiger partial charge >= 0.3 is 5.97 Å². The number of aliphatic carboxylic acids is 1. The molecule has 3 aliphatic carbocycles. The Labute approximate surface area is 261 Å².